The van der Waals surface area contributed by atoms with Crippen LogP contribution in [0.4, 0.5) is 5.69 Å². The molecule has 190 valence electrons. The Morgan fingerprint density at radius 1 is 0.972 bits per heavy atom. The van der Waals surface area contributed by atoms with Crippen molar-refractivity contribution in [3.05, 3.63) is 95.0 Å². The molecule has 0 aliphatic rings. The van der Waals surface area contributed by atoms with Gasteiger partial charge in [0, 0.05) is 18.6 Å². The zero-order valence-electron chi connectivity index (χ0n) is 20.5. The van der Waals surface area contributed by atoms with Crippen LogP contribution in [0.15, 0.2) is 83.8 Å². The van der Waals surface area contributed by atoms with Crippen LogP contribution in [-0.4, -0.2) is 51.3 Å². The number of likely N-dealkylation sites (N-methyl/N-ethyl adjacent to an activating group) is 1. The first-order chi connectivity index (χ1) is 17.1. The molecule has 1 N–H and O–H groups in total. The second-order valence-corrected chi connectivity index (χ2v) is 10.6. The average molecular weight is 528 g/mol. The summed E-state index contributed by atoms with van der Waals surface area (Å²) < 4.78 is 28.4. The Morgan fingerprint density at radius 3 is 2.17 bits per heavy atom. The Balaban J connectivity index is 1.98. The van der Waals surface area contributed by atoms with E-state index in [2.05, 4.69) is 5.32 Å². The number of amides is 2. The molecule has 0 bridgehead atoms. The summed E-state index contributed by atoms with van der Waals surface area (Å²) in [6.07, 6.45) is 0.510. The van der Waals surface area contributed by atoms with E-state index in [9.17, 15) is 18.0 Å². The van der Waals surface area contributed by atoms with Gasteiger partial charge < -0.3 is 10.2 Å². The normalized spacial score (nSPS) is 12.0. The topological polar surface area (TPSA) is 86.8 Å². The number of nitrogens with one attached hydrogen (secondary N) is 1. The van der Waals surface area contributed by atoms with Gasteiger partial charge in [-0.3, -0.25) is 13.9 Å². The standard InChI is InChI=1S/C27H30ClN3O4S/c1-20-14-15-23(18-25(20)28)31(36(34,35)24-12-8-5-9-13-24)19-26(32)30(21(2)27(33)29-3)17-16-22-10-6-4-7-11-22/h4-15,18,21H,16-17,19H2,1-3H3,(H,29,33). The fourth-order valence-electron chi connectivity index (χ4n) is 3.76. The third-order valence-corrected chi connectivity index (χ3v) is 8.15. The molecule has 0 fully saturated rings. The van der Waals surface area contributed by atoms with E-state index in [0.29, 0.717) is 11.4 Å². The number of sulfonamides is 1. The number of nitrogens with zero attached hydrogens (tertiary/aromatic N) is 2. The summed E-state index contributed by atoms with van der Waals surface area (Å²) in [6, 6.07) is 21.5. The lowest BCUT2D eigenvalue weighted by atomic mass is 10.1. The first-order valence-corrected chi connectivity index (χ1v) is 13.4. The summed E-state index contributed by atoms with van der Waals surface area (Å²) >= 11 is 6.31. The molecular weight excluding hydrogens is 498 g/mol. The fourth-order valence-corrected chi connectivity index (χ4v) is 5.37. The fraction of sp³-hybridized carbons (Fsp3) is 0.259. The number of rotatable bonds is 10. The SMILES string of the molecule is CNC(=O)C(C)N(CCc1ccccc1)C(=O)CN(c1ccc(C)c(Cl)c1)S(=O)(=O)c1ccccc1. The van der Waals surface area contributed by atoms with Crippen LogP contribution in [0, 0.1) is 6.92 Å². The number of carbonyl (C=O) groups excluding carboxylic acids is 2. The van der Waals surface area contributed by atoms with Crippen LogP contribution in [0.5, 0.6) is 0 Å². The summed E-state index contributed by atoms with van der Waals surface area (Å²) in [5.41, 5.74) is 2.04. The van der Waals surface area contributed by atoms with Crippen LogP contribution in [0.2, 0.25) is 5.02 Å². The molecule has 3 aromatic rings. The minimum Gasteiger partial charge on any atom is -0.357 e. The molecular formula is C27H30ClN3O4S. The Bertz CT molecular complexity index is 1300. The molecule has 0 saturated heterocycles. The van der Waals surface area contributed by atoms with Gasteiger partial charge in [0.05, 0.1) is 10.6 Å². The van der Waals surface area contributed by atoms with Gasteiger partial charge in [-0.25, -0.2) is 8.42 Å². The van der Waals surface area contributed by atoms with Gasteiger partial charge in [-0.15, -0.1) is 0 Å². The van der Waals surface area contributed by atoms with Crippen molar-refractivity contribution in [3.8, 4) is 0 Å². The van der Waals surface area contributed by atoms with Crippen LogP contribution < -0.4 is 9.62 Å². The van der Waals surface area contributed by atoms with Crippen molar-refractivity contribution in [1.29, 1.82) is 0 Å². The van der Waals surface area contributed by atoms with Crippen molar-refractivity contribution < 1.29 is 18.0 Å². The van der Waals surface area contributed by atoms with Gasteiger partial charge in [0.1, 0.15) is 12.6 Å². The van der Waals surface area contributed by atoms with Crippen LogP contribution in [0.3, 0.4) is 0 Å². The first kappa shape index (κ1) is 27.2. The Hall–Kier alpha value is -3.36. The molecule has 9 heteroatoms. The van der Waals surface area contributed by atoms with Crippen molar-refractivity contribution >= 4 is 39.1 Å². The van der Waals surface area contributed by atoms with E-state index in [-0.39, 0.29) is 23.0 Å². The van der Waals surface area contributed by atoms with Gasteiger partial charge in [-0.05, 0) is 55.7 Å². The first-order valence-electron chi connectivity index (χ1n) is 11.5. The lowest BCUT2D eigenvalue weighted by Gasteiger charge is -2.31. The zero-order valence-corrected chi connectivity index (χ0v) is 22.1. The molecule has 0 aromatic heterocycles. The third kappa shape index (κ3) is 6.44. The molecule has 3 rings (SSSR count). The van der Waals surface area contributed by atoms with Crippen LogP contribution in [0.1, 0.15) is 18.1 Å². The molecule has 2 amide bonds. The molecule has 0 spiro atoms. The Labute approximate surface area is 217 Å². The summed E-state index contributed by atoms with van der Waals surface area (Å²) in [5.74, 6) is -0.842. The number of benzene rings is 3. The quantitative estimate of drug-likeness (QED) is 0.431. The van der Waals surface area contributed by atoms with E-state index in [1.165, 1.54) is 30.1 Å². The molecule has 3 aromatic carbocycles. The van der Waals surface area contributed by atoms with Crippen molar-refractivity contribution in [2.75, 3.05) is 24.4 Å². The van der Waals surface area contributed by atoms with Crippen molar-refractivity contribution in [2.24, 2.45) is 0 Å². The molecule has 36 heavy (non-hydrogen) atoms. The van der Waals surface area contributed by atoms with Gasteiger partial charge in [0.2, 0.25) is 11.8 Å². The van der Waals surface area contributed by atoms with Crippen LogP contribution in [-0.2, 0) is 26.0 Å². The molecule has 0 aliphatic carbocycles. The average Bonchev–Trinajstić information content (AvgIpc) is 2.89. The lowest BCUT2D eigenvalue weighted by molar-refractivity contribution is -0.138. The van der Waals surface area contributed by atoms with Crippen LogP contribution in [0.25, 0.3) is 0 Å². The highest BCUT2D eigenvalue weighted by molar-refractivity contribution is 7.92. The molecule has 0 heterocycles. The van der Waals surface area contributed by atoms with Gasteiger partial charge in [-0.1, -0.05) is 66.2 Å². The van der Waals surface area contributed by atoms with Gasteiger partial charge in [0.15, 0.2) is 0 Å². The van der Waals surface area contributed by atoms with E-state index >= 15 is 0 Å². The maximum absolute atomic E-state index is 13.7. The monoisotopic (exact) mass is 527 g/mol. The van der Waals surface area contributed by atoms with E-state index in [1.54, 1.807) is 37.3 Å². The van der Waals surface area contributed by atoms with E-state index in [1.807, 2.05) is 37.3 Å². The summed E-state index contributed by atoms with van der Waals surface area (Å²) in [4.78, 5) is 27.6. The third-order valence-electron chi connectivity index (χ3n) is 5.95. The maximum atomic E-state index is 13.7. The number of hydrogen-bond donors (Lipinski definition) is 1. The Kier molecular flexibility index (Phi) is 9.12. The van der Waals surface area contributed by atoms with E-state index in [0.717, 1.165) is 15.4 Å². The highest BCUT2D eigenvalue weighted by Crippen LogP contribution is 2.28. The maximum Gasteiger partial charge on any atom is 0.264 e. The minimum atomic E-state index is -4.10. The highest BCUT2D eigenvalue weighted by atomic mass is 35.5. The second kappa shape index (κ2) is 12.1. The van der Waals surface area contributed by atoms with Crippen molar-refractivity contribution in [1.82, 2.24) is 10.2 Å². The van der Waals surface area contributed by atoms with Crippen molar-refractivity contribution in [2.45, 2.75) is 31.2 Å². The predicted octanol–water partition coefficient (Wildman–Crippen LogP) is 4.05. The van der Waals surface area contributed by atoms with E-state index < -0.39 is 28.5 Å². The minimum absolute atomic E-state index is 0.0460. The van der Waals surface area contributed by atoms with Crippen molar-refractivity contribution in [3.63, 3.8) is 0 Å². The van der Waals surface area contributed by atoms with Gasteiger partial charge in [0.25, 0.3) is 10.0 Å². The number of halogens is 1. The second-order valence-electron chi connectivity index (χ2n) is 8.37. The molecule has 1 unspecified atom stereocenters. The Morgan fingerprint density at radius 2 is 1.58 bits per heavy atom. The molecule has 0 radical (unpaired) electrons. The summed E-state index contributed by atoms with van der Waals surface area (Å²) in [7, 11) is -2.61. The number of anilines is 1. The van der Waals surface area contributed by atoms with Gasteiger partial charge in [-0.2, -0.15) is 0 Å². The predicted molar refractivity (Wildman–Crippen MR) is 143 cm³/mol. The largest absolute Gasteiger partial charge is 0.357 e. The summed E-state index contributed by atoms with van der Waals surface area (Å²) in [6.45, 7) is 3.18. The number of carbonyl (C=O) groups is 2. The smallest absolute Gasteiger partial charge is 0.264 e. The zero-order chi connectivity index (χ0) is 26.3. The van der Waals surface area contributed by atoms with Crippen LogP contribution >= 0.6 is 11.6 Å². The lowest BCUT2D eigenvalue weighted by Crippen LogP contribution is -2.51. The molecule has 1 atom stereocenters. The number of aryl methyl sites for hydroxylation is 1. The summed E-state index contributed by atoms with van der Waals surface area (Å²) in [5, 5.41) is 2.95. The molecule has 0 saturated carbocycles. The van der Waals surface area contributed by atoms with Gasteiger partial charge >= 0.3 is 0 Å². The molecule has 0 aliphatic heterocycles. The molecule has 7 nitrogen and oxygen atoms in total. The van der Waals surface area contributed by atoms with E-state index in [4.69, 9.17) is 11.6 Å². The number of hydrogen-bond acceptors (Lipinski definition) is 4. The highest BCUT2D eigenvalue weighted by Gasteiger charge is 2.32.